The number of benzene rings is 1. The van der Waals surface area contributed by atoms with E-state index in [1.807, 2.05) is 0 Å². The molecule has 7 nitrogen and oxygen atoms in total. The van der Waals surface area contributed by atoms with Crippen molar-refractivity contribution in [2.75, 3.05) is 0 Å². The normalized spacial score (nSPS) is 11.0. The first-order valence-electron chi connectivity index (χ1n) is 4.35. The summed E-state index contributed by atoms with van der Waals surface area (Å²) in [6.07, 6.45) is 2.58. The molecule has 0 unspecified atom stereocenters. The molecular weight excluding hydrogens is 212 g/mol. The van der Waals surface area contributed by atoms with Gasteiger partial charge in [-0.1, -0.05) is 0 Å². The van der Waals surface area contributed by atoms with Crippen molar-refractivity contribution in [1.82, 2.24) is 14.9 Å². The maximum Gasteiger partial charge on any atom is 0.363 e. The van der Waals surface area contributed by atoms with E-state index in [-0.39, 0.29) is 11.5 Å². The highest BCUT2D eigenvalue weighted by molar-refractivity contribution is 5.80. The molecule has 0 fully saturated rings. The molecule has 82 valence electrons. The molecule has 1 heterocycles. The van der Waals surface area contributed by atoms with Crippen LogP contribution in [0.5, 0.6) is 11.5 Å². The number of hydrogen-bond acceptors (Lipinski definition) is 5. The van der Waals surface area contributed by atoms with Crippen LogP contribution in [0, 0.1) is 0 Å². The smallest absolute Gasteiger partial charge is 0.363 e. The lowest BCUT2D eigenvalue weighted by Gasteiger charge is -1.97. The van der Waals surface area contributed by atoms with Gasteiger partial charge in [0.2, 0.25) is 0 Å². The van der Waals surface area contributed by atoms with Gasteiger partial charge in [-0.2, -0.15) is 14.9 Å². The minimum Gasteiger partial charge on any atom is -0.504 e. The van der Waals surface area contributed by atoms with Gasteiger partial charge in [-0.25, -0.2) is 9.89 Å². The third kappa shape index (κ3) is 1.92. The van der Waals surface area contributed by atoms with E-state index in [4.69, 9.17) is 5.11 Å². The standard InChI is InChI=1S/C9H8N4O3/c14-7-2-1-6(3-8(7)15)4-11-13-5-10-12-9(13)16/h1-5,14-15H,(H,12,16)/b11-4+. The number of nitrogens with one attached hydrogen (secondary N) is 1. The zero-order chi connectivity index (χ0) is 11.5. The van der Waals surface area contributed by atoms with Crippen LogP contribution >= 0.6 is 0 Å². The van der Waals surface area contributed by atoms with E-state index in [1.54, 1.807) is 6.07 Å². The molecule has 0 atom stereocenters. The number of hydrogen-bond donors (Lipinski definition) is 3. The number of H-pyrrole nitrogens is 1. The SMILES string of the molecule is O=c1[nH]ncn1/N=C/c1ccc(O)c(O)c1. The third-order valence-corrected chi connectivity index (χ3v) is 1.87. The van der Waals surface area contributed by atoms with Gasteiger partial charge in [0, 0.05) is 0 Å². The first kappa shape index (κ1) is 9.97. The van der Waals surface area contributed by atoms with Gasteiger partial charge < -0.3 is 10.2 Å². The van der Waals surface area contributed by atoms with Gasteiger partial charge >= 0.3 is 5.69 Å². The van der Waals surface area contributed by atoms with Crippen LogP contribution in [0.1, 0.15) is 5.56 Å². The van der Waals surface area contributed by atoms with Crippen molar-refractivity contribution < 1.29 is 10.2 Å². The quantitative estimate of drug-likeness (QED) is 0.484. The molecule has 0 saturated carbocycles. The van der Waals surface area contributed by atoms with Crippen molar-refractivity contribution in [3.63, 3.8) is 0 Å². The maximum absolute atomic E-state index is 11.0. The van der Waals surface area contributed by atoms with Crippen LogP contribution in [0.25, 0.3) is 0 Å². The lowest BCUT2D eigenvalue weighted by atomic mass is 10.2. The highest BCUT2D eigenvalue weighted by Crippen LogP contribution is 2.23. The monoisotopic (exact) mass is 220 g/mol. The molecule has 0 aliphatic carbocycles. The molecule has 1 aromatic carbocycles. The zero-order valence-corrected chi connectivity index (χ0v) is 8.03. The van der Waals surface area contributed by atoms with Gasteiger partial charge in [0.05, 0.1) is 6.21 Å². The van der Waals surface area contributed by atoms with Gasteiger partial charge in [-0.15, -0.1) is 0 Å². The average Bonchev–Trinajstić information content (AvgIpc) is 2.66. The third-order valence-electron chi connectivity index (χ3n) is 1.87. The summed E-state index contributed by atoms with van der Waals surface area (Å²) < 4.78 is 1.00. The fraction of sp³-hybridized carbons (Fsp3) is 0. The highest BCUT2D eigenvalue weighted by Gasteiger charge is 1.98. The Morgan fingerprint density at radius 2 is 2.19 bits per heavy atom. The summed E-state index contributed by atoms with van der Waals surface area (Å²) in [6.45, 7) is 0. The fourth-order valence-corrected chi connectivity index (χ4v) is 1.07. The predicted octanol–water partition coefficient (Wildman–Crippen LogP) is -0.135. The van der Waals surface area contributed by atoms with Crippen LogP contribution in [-0.4, -0.2) is 31.3 Å². The Hall–Kier alpha value is -2.57. The van der Waals surface area contributed by atoms with E-state index in [2.05, 4.69) is 15.3 Å². The molecule has 7 heteroatoms. The van der Waals surface area contributed by atoms with Crippen molar-refractivity contribution in [3.8, 4) is 11.5 Å². The Bertz CT molecular complexity index is 584. The van der Waals surface area contributed by atoms with E-state index < -0.39 is 5.69 Å². The summed E-state index contributed by atoms with van der Waals surface area (Å²) in [6, 6.07) is 4.20. The number of rotatable bonds is 2. The number of aromatic nitrogens is 3. The second kappa shape index (κ2) is 3.89. The van der Waals surface area contributed by atoms with E-state index in [1.165, 1.54) is 24.7 Å². The first-order valence-corrected chi connectivity index (χ1v) is 4.35. The van der Waals surface area contributed by atoms with Crippen molar-refractivity contribution in [2.45, 2.75) is 0 Å². The van der Waals surface area contributed by atoms with Crippen LogP contribution in [0.3, 0.4) is 0 Å². The minimum absolute atomic E-state index is 0.211. The molecular formula is C9H8N4O3. The predicted molar refractivity (Wildman–Crippen MR) is 55.6 cm³/mol. The Morgan fingerprint density at radius 1 is 1.38 bits per heavy atom. The number of phenolic OH excluding ortho intramolecular Hbond substituents is 2. The highest BCUT2D eigenvalue weighted by atomic mass is 16.3. The van der Waals surface area contributed by atoms with Crippen molar-refractivity contribution in [1.29, 1.82) is 0 Å². The van der Waals surface area contributed by atoms with Crippen LogP contribution in [-0.2, 0) is 0 Å². The lowest BCUT2D eigenvalue weighted by Crippen LogP contribution is -2.11. The number of phenols is 2. The Kier molecular flexibility index (Phi) is 2.42. The van der Waals surface area contributed by atoms with E-state index >= 15 is 0 Å². The zero-order valence-electron chi connectivity index (χ0n) is 8.03. The molecule has 0 saturated heterocycles. The Morgan fingerprint density at radius 3 is 2.81 bits per heavy atom. The van der Waals surface area contributed by atoms with Gasteiger partial charge in [0.15, 0.2) is 11.5 Å². The Labute approximate surface area is 89.3 Å². The molecule has 3 N–H and O–H groups in total. The molecule has 0 aliphatic heterocycles. The number of aromatic amines is 1. The largest absolute Gasteiger partial charge is 0.504 e. The average molecular weight is 220 g/mol. The molecule has 0 bridgehead atoms. The maximum atomic E-state index is 11.0. The minimum atomic E-state index is -0.459. The van der Waals surface area contributed by atoms with E-state index in [0.717, 1.165) is 4.68 Å². The van der Waals surface area contributed by atoms with Crippen molar-refractivity contribution in [3.05, 3.63) is 40.6 Å². The first-order chi connectivity index (χ1) is 7.66. The summed E-state index contributed by atoms with van der Waals surface area (Å²) in [5.41, 5.74) is 0.0858. The lowest BCUT2D eigenvalue weighted by molar-refractivity contribution is 0.403. The molecule has 2 rings (SSSR count). The summed E-state index contributed by atoms with van der Waals surface area (Å²) in [5, 5.41) is 27.8. The molecule has 0 radical (unpaired) electrons. The fourth-order valence-electron chi connectivity index (χ4n) is 1.07. The number of nitrogens with zero attached hydrogens (tertiary/aromatic N) is 3. The van der Waals surface area contributed by atoms with Crippen LogP contribution in [0.2, 0.25) is 0 Å². The van der Waals surface area contributed by atoms with E-state index in [9.17, 15) is 9.90 Å². The van der Waals surface area contributed by atoms with Gasteiger partial charge in [-0.3, -0.25) is 0 Å². The van der Waals surface area contributed by atoms with Crippen LogP contribution in [0.4, 0.5) is 0 Å². The Balaban J connectivity index is 2.27. The molecule has 0 spiro atoms. The summed E-state index contributed by atoms with van der Waals surface area (Å²) in [4.78, 5) is 11.0. The van der Waals surface area contributed by atoms with Crippen LogP contribution in [0.15, 0.2) is 34.4 Å². The molecule has 1 aromatic heterocycles. The van der Waals surface area contributed by atoms with E-state index in [0.29, 0.717) is 5.56 Å². The second-order valence-electron chi connectivity index (χ2n) is 3.00. The molecule has 0 amide bonds. The summed E-state index contributed by atoms with van der Waals surface area (Å²) in [7, 11) is 0. The van der Waals surface area contributed by atoms with Crippen molar-refractivity contribution >= 4 is 6.21 Å². The van der Waals surface area contributed by atoms with Crippen molar-refractivity contribution in [2.24, 2.45) is 5.10 Å². The summed E-state index contributed by atoms with van der Waals surface area (Å²) >= 11 is 0. The van der Waals surface area contributed by atoms with Gasteiger partial charge in [-0.05, 0) is 23.8 Å². The van der Waals surface area contributed by atoms with Gasteiger partial charge in [0.25, 0.3) is 0 Å². The molecule has 16 heavy (non-hydrogen) atoms. The molecule has 2 aromatic rings. The second-order valence-corrected chi connectivity index (χ2v) is 3.00. The molecule has 0 aliphatic rings. The topological polar surface area (TPSA) is 104 Å². The number of aromatic hydroxyl groups is 2. The van der Waals surface area contributed by atoms with Crippen LogP contribution < -0.4 is 5.69 Å². The summed E-state index contributed by atoms with van der Waals surface area (Å²) in [5.74, 6) is -0.457. The van der Waals surface area contributed by atoms with Gasteiger partial charge in [0.1, 0.15) is 6.33 Å².